The smallest absolute Gasteiger partial charge is 0.272 e. The van der Waals surface area contributed by atoms with Crippen LogP contribution in [0.2, 0.25) is 0 Å². The summed E-state index contributed by atoms with van der Waals surface area (Å²) in [5.74, 6) is -0.240. The predicted octanol–water partition coefficient (Wildman–Crippen LogP) is 3.68. The molecule has 0 saturated carbocycles. The second-order valence-electron chi connectivity index (χ2n) is 3.88. The number of nitrogens with one attached hydrogen (secondary N) is 1. The van der Waals surface area contributed by atoms with Crippen LogP contribution in [0.25, 0.3) is 0 Å². The van der Waals surface area contributed by atoms with Crippen LogP contribution in [0.3, 0.4) is 0 Å². The van der Waals surface area contributed by atoms with Gasteiger partial charge in [0.2, 0.25) is 0 Å². The van der Waals surface area contributed by atoms with E-state index in [0.717, 1.165) is 4.47 Å². The van der Waals surface area contributed by atoms with Gasteiger partial charge in [-0.2, -0.15) is 5.10 Å². The third kappa shape index (κ3) is 3.68. The number of halogens is 2. The Balaban J connectivity index is 2.09. The quantitative estimate of drug-likeness (QED) is 0.612. The molecule has 0 aliphatic carbocycles. The normalized spacial score (nSPS) is 10.7. The lowest BCUT2D eigenvalue weighted by Gasteiger charge is -2.02. The van der Waals surface area contributed by atoms with Crippen LogP contribution in [0, 0.1) is 0 Å². The molecule has 2 rings (SSSR count). The van der Waals surface area contributed by atoms with E-state index in [9.17, 15) is 9.90 Å². The zero-order chi connectivity index (χ0) is 14.5. The number of aromatic hydroxyl groups is 1. The molecule has 20 heavy (non-hydrogen) atoms. The molecule has 0 saturated heterocycles. The van der Waals surface area contributed by atoms with E-state index in [1.54, 1.807) is 36.4 Å². The Morgan fingerprint density at radius 3 is 2.70 bits per heavy atom. The molecule has 6 heteroatoms. The Labute approximate surface area is 132 Å². The van der Waals surface area contributed by atoms with E-state index in [-0.39, 0.29) is 11.7 Å². The molecule has 2 N–H and O–H groups in total. The average molecular weight is 398 g/mol. The molecule has 2 aromatic carbocycles. The average Bonchev–Trinajstić information content (AvgIpc) is 2.43. The second-order valence-corrected chi connectivity index (χ2v) is 5.65. The highest BCUT2D eigenvalue weighted by atomic mass is 79.9. The van der Waals surface area contributed by atoms with Gasteiger partial charge in [-0.05, 0) is 46.3 Å². The summed E-state index contributed by atoms with van der Waals surface area (Å²) in [5, 5.41) is 13.5. The number of rotatable bonds is 3. The molecule has 0 aliphatic rings. The highest BCUT2D eigenvalue weighted by molar-refractivity contribution is 9.10. The number of hydrogen-bond acceptors (Lipinski definition) is 3. The van der Waals surface area contributed by atoms with Crippen molar-refractivity contribution in [3.05, 3.63) is 62.5 Å². The molecule has 2 aromatic rings. The molecule has 0 heterocycles. The van der Waals surface area contributed by atoms with Gasteiger partial charge in [-0.1, -0.05) is 28.1 Å². The first-order valence-electron chi connectivity index (χ1n) is 5.64. The summed E-state index contributed by atoms with van der Waals surface area (Å²) in [6.45, 7) is 0. The fraction of sp³-hybridized carbons (Fsp3) is 0. The zero-order valence-electron chi connectivity index (χ0n) is 10.2. The van der Waals surface area contributed by atoms with E-state index in [4.69, 9.17) is 0 Å². The summed E-state index contributed by atoms with van der Waals surface area (Å²) in [4.78, 5) is 11.9. The molecule has 1 amide bonds. The lowest BCUT2D eigenvalue weighted by Crippen LogP contribution is -2.18. The monoisotopic (exact) mass is 396 g/mol. The van der Waals surface area contributed by atoms with E-state index in [2.05, 4.69) is 42.4 Å². The van der Waals surface area contributed by atoms with Crippen molar-refractivity contribution in [2.75, 3.05) is 0 Å². The van der Waals surface area contributed by atoms with Crippen molar-refractivity contribution < 1.29 is 9.90 Å². The minimum absolute atomic E-state index is 0.0899. The van der Waals surface area contributed by atoms with Crippen molar-refractivity contribution >= 4 is 44.0 Å². The summed E-state index contributed by atoms with van der Waals surface area (Å²) in [6.07, 6.45) is 1.38. The first-order valence-corrected chi connectivity index (χ1v) is 7.23. The van der Waals surface area contributed by atoms with Gasteiger partial charge in [0.1, 0.15) is 5.75 Å². The number of hydrogen-bond donors (Lipinski definition) is 2. The second kappa shape index (κ2) is 6.67. The number of benzene rings is 2. The van der Waals surface area contributed by atoms with Crippen molar-refractivity contribution in [3.8, 4) is 5.75 Å². The van der Waals surface area contributed by atoms with Gasteiger partial charge in [0.15, 0.2) is 0 Å². The van der Waals surface area contributed by atoms with Crippen molar-refractivity contribution in [3.63, 3.8) is 0 Å². The minimum Gasteiger partial charge on any atom is -0.507 e. The van der Waals surface area contributed by atoms with E-state index < -0.39 is 0 Å². The Hall–Kier alpha value is -1.66. The van der Waals surface area contributed by atoms with E-state index in [0.29, 0.717) is 15.6 Å². The van der Waals surface area contributed by atoms with Crippen LogP contribution in [-0.4, -0.2) is 17.2 Å². The van der Waals surface area contributed by atoms with Crippen LogP contribution in [0.15, 0.2) is 56.5 Å². The van der Waals surface area contributed by atoms with Gasteiger partial charge in [-0.3, -0.25) is 4.79 Å². The summed E-state index contributed by atoms with van der Waals surface area (Å²) in [7, 11) is 0. The molecule has 0 bridgehead atoms. The number of nitrogens with zero attached hydrogens (tertiary/aromatic N) is 1. The van der Waals surface area contributed by atoms with Crippen LogP contribution in [0.5, 0.6) is 5.75 Å². The molecular formula is C14H10Br2N2O2. The van der Waals surface area contributed by atoms with E-state index >= 15 is 0 Å². The molecule has 102 valence electrons. The molecule has 0 aliphatic heterocycles. The maximum atomic E-state index is 11.9. The number of carbonyl (C=O) groups is 1. The molecule has 0 radical (unpaired) electrons. The Morgan fingerprint density at radius 1 is 1.20 bits per heavy atom. The first kappa shape index (κ1) is 14.7. The van der Waals surface area contributed by atoms with Gasteiger partial charge in [0.05, 0.1) is 11.8 Å². The van der Waals surface area contributed by atoms with Crippen LogP contribution in [-0.2, 0) is 0 Å². The molecule has 0 unspecified atom stereocenters. The Bertz CT molecular complexity index is 672. The fourth-order valence-electron chi connectivity index (χ4n) is 1.49. The van der Waals surface area contributed by atoms with Crippen molar-refractivity contribution in [2.45, 2.75) is 0 Å². The van der Waals surface area contributed by atoms with Gasteiger partial charge in [-0.15, -0.1) is 0 Å². The maximum absolute atomic E-state index is 11.9. The summed E-state index contributed by atoms with van der Waals surface area (Å²) < 4.78 is 1.51. The minimum atomic E-state index is -0.330. The van der Waals surface area contributed by atoms with Gasteiger partial charge in [0.25, 0.3) is 5.91 Å². The molecule has 0 fully saturated rings. The summed E-state index contributed by atoms with van der Waals surface area (Å²) >= 11 is 6.59. The number of carbonyl (C=O) groups excluding carboxylic acids is 1. The Kier molecular flexibility index (Phi) is 4.92. The standard InChI is InChI=1S/C14H10Br2N2O2/c15-10-5-6-13(19)9(7-10)8-17-18-14(20)11-3-1-2-4-12(11)16/h1-8,19H,(H,18,20). The number of hydrazone groups is 1. The lowest BCUT2D eigenvalue weighted by atomic mass is 10.2. The van der Waals surface area contributed by atoms with Crippen LogP contribution in [0.4, 0.5) is 0 Å². The van der Waals surface area contributed by atoms with Gasteiger partial charge >= 0.3 is 0 Å². The molecule has 4 nitrogen and oxygen atoms in total. The zero-order valence-corrected chi connectivity index (χ0v) is 13.3. The van der Waals surface area contributed by atoms with E-state index in [1.807, 2.05) is 6.07 Å². The SMILES string of the molecule is O=C(NN=Cc1cc(Br)ccc1O)c1ccccc1Br. The van der Waals surface area contributed by atoms with Crippen LogP contribution >= 0.6 is 31.9 Å². The van der Waals surface area contributed by atoms with Crippen molar-refractivity contribution in [1.29, 1.82) is 0 Å². The van der Waals surface area contributed by atoms with Crippen LogP contribution < -0.4 is 5.43 Å². The lowest BCUT2D eigenvalue weighted by molar-refractivity contribution is 0.0954. The molecule has 0 spiro atoms. The highest BCUT2D eigenvalue weighted by Gasteiger charge is 2.07. The van der Waals surface area contributed by atoms with E-state index in [1.165, 1.54) is 6.21 Å². The maximum Gasteiger partial charge on any atom is 0.272 e. The van der Waals surface area contributed by atoms with Gasteiger partial charge in [-0.25, -0.2) is 5.43 Å². The summed E-state index contributed by atoms with van der Waals surface area (Å²) in [5.41, 5.74) is 3.40. The van der Waals surface area contributed by atoms with Crippen LogP contribution in [0.1, 0.15) is 15.9 Å². The fourth-order valence-corrected chi connectivity index (χ4v) is 2.34. The summed E-state index contributed by atoms with van der Waals surface area (Å²) in [6, 6.07) is 12.0. The number of phenols is 1. The topological polar surface area (TPSA) is 61.7 Å². The largest absolute Gasteiger partial charge is 0.507 e. The van der Waals surface area contributed by atoms with Crippen molar-refractivity contribution in [1.82, 2.24) is 5.43 Å². The van der Waals surface area contributed by atoms with Crippen molar-refractivity contribution in [2.24, 2.45) is 5.10 Å². The predicted molar refractivity (Wildman–Crippen MR) is 85.0 cm³/mol. The van der Waals surface area contributed by atoms with Gasteiger partial charge in [0, 0.05) is 14.5 Å². The highest BCUT2D eigenvalue weighted by Crippen LogP contribution is 2.20. The number of amides is 1. The molecule has 0 atom stereocenters. The molecule has 0 aromatic heterocycles. The molecular weight excluding hydrogens is 388 g/mol. The number of phenolic OH excluding ortho intramolecular Hbond substituents is 1. The van der Waals surface area contributed by atoms with Gasteiger partial charge < -0.3 is 5.11 Å². The first-order chi connectivity index (χ1) is 9.58. The third-order valence-electron chi connectivity index (χ3n) is 2.48. The Morgan fingerprint density at radius 2 is 1.95 bits per heavy atom. The third-order valence-corrected chi connectivity index (χ3v) is 3.66.